The van der Waals surface area contributed by atoms with Gasteiger partial charge in [-0.25, -0.2) is 0 Å². The average molecular weight is 522 g/mol. The summed E-state index contributed by atoms with van der Waals surface area (Å²) in [5.41, 5.74) is 0.274. The van der Waals surface area contributed by atoms with E-state index in [0.29, 0.717) is 0 Å². The van der Waals surface area contributed by atoms with Crippen LogP contribution in [-0.2, 0) is 29.5 Å². The van der Waals surface area contributed by atoms with Crippen LogP contribution in [0.3, 0.4) is 0 Å². The predicted octanol–water partition coefficient (Wildman–Crippen LogP) is 0.405. The van der Waals surface area contributed by atoms with Crippen molar-refractivity contribution < 1.29 is 44.0 Å². The van der Waals surface area contributed by atoms with Gasteiger partial charge in [-0.3, -0.25) is 24.0 Å². The Balaban J connectivity index is 1.83. The quantitative estimate of drug-likeness (QED) is 0.246. The lowest BCUT2D eigenvalue weighted by Crippen LogP contribution is -2.69. The number of benzene rings is 1. The molecule has 0 saturated heterocycles. The number of aliphatic hydroxyl groups is 2. The van der Waals surface area contributed by atoms with Gasteiger partial charge >= 0.3 is 0 Å². The number of nitrogens with two attached hydrogens (primary N) is 1. The summed E-state index contributed by atoms with van der Waals surface area (Å²) in [5, 5.41) is 33.6. The van der Waals surface area contributed by atoms with Crippen molar-refractivity contribution in [2.75, 3.05) is 6.61 Å². The number of aromatic hydroxyl groups is 1. The van der Waals surface area contributed by atoms with Gasteiger partial charge < -0.3 is 25.8 Å². The number of hydrogen-bond acceptors (Lipinski definition) is 11. The number of amides is 1. The summed E-state index contributed by atoms with van der Waals surface area (Å²) < 4.78 is 5.28. The molecule has 3 aliphatic carbocycles. The third-order valence-electron chi connectivity index (χ3n) is 7.27. The second kappa shape index (κ2) is 8.47. The maximum absolute atomic E-state index is 13.6. The molecule has 2 saturated carbocycles. The number of thioether (sulfide) groups is 1. The molecule has 10 nitrogen and oxygen atoms in total. The highest BCUT2D eigenvalue weighted by molar-refractivity contribution is 8.22. The van der Waals surface area contributed by atoms with Gasteiger partial charge in [-0.05, 0) is 55.9 Å². The number of ketones is 4. The fourth-order valence-electron chi connectivity index (χ4n) is 5.58. The first kappa shape index (κ1) is 25.4. The zero-order chi connectivity index (χ0) is 26.0. The number of carbonyl (C=O) groups excluding carboxylic acids is 5. The Bertz CT molecular complexity index is 1210. The fraction of sp³-hybridized carbons (Fsp3) is 0.478. The topological polar surface area (TPSA) is 181 Å². The van der Waals surface area contributed by atoms with Crippen LogP contribution in [-0.4, -0.2) is 61.0 Å². The zero-order valence-corrected chi connectivity index (χ0v) is 20.4. The Kier molecular flexibility index (Phi) is 6.15. The molecule has 2 unspecified atom stereocenters. The highest BCUT2D eigenvalue weighted by Crippen LogP contribution is 2.56. The van der Waals surface area contributed by atoms with Crippen LogP contribution in [0.15, 0.2) is 17.0 Å². The van der Waals surface area contributed by atoms with E-state index in [-0.39, 0.29) is 33.4 Å². The van der Waals surface area contributed by atoms with E-state index in [2.05, 4.69) is 0 Å². The van der Waals surface area contributed by atoms with Gasteiger partial charge in [-0.15, -0.1) is 0 Å². The molecule has 0 aromatic heterocycles. The summed E-state index contributed by atoms with van der Waals surface area (Å²) in [6.07, 6.45) is -0.711. The van der Waals surface area contributed by atoms with Crippen LogP contribution >= 0.6 is 24.0 Å². The van der Waals surface area contributed by atoms with Crippen molar-refractivity contribution in [3.63, 3.8) is 0 Å². The molecule has 2 fully saturated rings. The highest BCUT2D eigenvalue weighted by Gasteiger charge is 2.68. The number of rotatable bonds is 3. The first-order valence-corrected chi connectivity index (χ1v) is 12.1. The van der Waals surface area contributed by atoms with Gasteiger partial charge in [0, 0.05) is 18.3 Å². The number of ether oxygens (including phenoxy) is 1. The highest BCUT2D eigenvalue weighted by atomic mass is 32.2. The maximum atomic E-state index is 13.6. The van der Waals surface area contributed by atoms with Crippen molar-refractivity contribution in [3.05, 3.63) is 23.3 Å². The maximum Gasteiger partial charge on any atom is 0.235 e. The molecule has 0 aliphatic heterocycles. The van der Waals surface area contributed by atoms with Crippen LogP contribution < -0.4 is 5.73 Å². The molecule has 186 valence electrons. The molecule has 0 bridgehead atoms. The summed E-state index contributed by atoms with van der Waals surface area (Å²) in [4.78, 5) is 64.4. The van der Waals surface area contributed by atoms with E-state index >= 15 is 0 Å². The van der Waals surface area contributed by atoms with Crippen molar-refractivity contribution in [1.82, 2.24) is 0 Å². The van der Waals surface area contributed by atoms with Gasteiger partial charge in [-0.1, -0.05) is 6.07 Å². The Morgan fingerprint density at radius 3 is 2.49 bits per heavy atom. The lowest BCUT2D eigenvalue weighted by molar-refractivity contribution is -0.182. The van der Waals surface area contributed by atoms with E-state index in [1.54, 1.807) is 6.92 Å². The predicted molar refractivity (Wildman–Crippen MR) is 124 cm³/mol. The summed E-state index contributed by atoms with van der Waals surface area (Å²) in [7, 11) is 0. The molecule has 12 heteroatoms. The second-order valence-electron chi connectivity index (χ2n) is 9.15. The number of phenols is 1. The minimum absolute atomic E-state index is 0.0645. The largest absolute Gasteiger partial charge is 0.506 e. The number of fused-ring (bicyclic) bond motifs is 3. The van der Waals surface area contributed by atoms with Crippen molar-refractivity contribution >= 4 is 57.4 Å². The van der Waals surface area contributed by atoms with E-state index in [1.165, 1.54) is 19.1 Å². The SMILES string of the molecule is CCOC(=S)Sc1ccc2c(c1O)C(=O)C1C(=O)[C@]3(O)C(=O)C(C(N)=O)C(=O)C[C@@H]3C[C@@H]1[C@@]2(C)O. The number of phenolic OH excluding ortho intramolecular Hbond substituents is 1. The number of primary amides is 1. The lowest BCUT2D eigenvalue weighted by Gasteiger charge is -2.52. The van der Waals surface area contributed by atoms with Gasteiger partial charge in [0.1, 0.15) is 5.75 Å². The molecule has 4 rings (SSSR count). The summed E-state index contributed by atoms with van der Waals surface area (Å²) in [6.45, 7) is 3.37. The molecule has 0 radical (unpaired) electrons. The van der Waals surface area contributed by atoms with E-state index in [1.807, 2.05) is 0 Å². The number of Topliss-reactive ketones (excluding diaryl/α,β-unsaturated/α-hetero) is 4. The van der Waals surface area contributed by atoms with Crippen LogP contribution in [0.2, 0.25) is 0 Å². The Morgan fingerprint density at radius 1 is 1.23 bits per heavy atom. The van der Waals surface area contributed by atoms with Crippen LogP contribution in [0.25, 0.3) is 0 Å². The van der Waals surface area contributed by atoms with Crippen LogP contribution in [0, 0.1) is 23.7 Å². The lowest BCUT2D eigenvalue weighted by atomic mass is 9.51. The summed E-state index contributed by atoms with van der Waals surface area (Å²) in [5.74, 6) is -12.1. The molecule has 5 N–H and O–H groups in total. The first-order chi connectivity index (χ1) is 16.3. The minimum atomic E-state index is -2.80. The molecule has 3 aliphatic rings. The summed E-state index contributed by atoms with van der Waals surface area (Å²) in [6, 6.07) is 2.89. The number of thiocarbonyl (C=S) groups is 1. The first-order valence-electron chi connectivity index (χ1n) is 10.9. The zero-order valence-electron chi connectivity index (χ0n) is 18.8. The van der Waals surface area contributed by atoms with Crippen molar-refractivity contribution in [2.24, 2.45) is 29.4 Å². The molecule has 1 amide bonds. The summed E-state index contributed by atoms with van der Waals surface area (Å²) >= 11 is 5.94. The molecule has 1 aromatic carbocycles. The molecule has 6 atom stereocenters. The van der Waals surface area contributed by atoms with Crippen molar-refractivity contribution in [3.8, 4) is 5.75 Å². The van der Waals surface area contributed by atoms with Crippen LogP contribution in [0.1, 0.15) is 42.6 Å². The van der Waals surface area contributed by atoms with E-state index in [4.69, 9.17) is 22.7 Å². The molecule has 0 spiro atoms. The Labute approximate surface area is 209 Å². The monoisotopic (exact) mass is 521 g/mol. The normalized spacial score (nSPS) is 34.1. The minimum Gasteiger partial charge on any atom is -0.506 e. The Hall–Kier alpha value is -2.67. The Morgan fingerprint density at radius 2 is 1.89 bits per heavy atom. The van der Waals surface area contributed by atoms with Gasteiger partial charge in [0.25, 0.3) is 0 Å². The molecular weight excluding hydrogens is 498 g/mol. The van der Waals surface area contributed by atoms with E-state index in [0.717, 1.165) is 11.8 Å². The smallest absolute Gasteiger partial charge is 0.235 e. The van der Waals surface area contributed by atoms with Gasteiger partial charge in [-0.2, -0.15) is 0 Å². The van der Waals surface area contributed by atoms with E-state index in [9.17, 15) is 39.3 Å². The molecule has 35 heavy (non-hydrogen) atoms. The van der Waals surface area contributed by atoms with Gasteiger partial charge in [0.15, 0.2) is 34.7 Å². The molecule has 0 heterocycles. The molecule has 1 aromatic rings. The van der Waals surface area contributed by atoms with Gasteiger partial charge in [0.05, 0.1) is 28.6 Å². The van der Waals surface area contributed by atoms with Crippen molar-refractivity contribution in [2.45, 2.75) is 42.8 Å². The number of hydrogen-bond donors (Lipinski definition) is 4. The fourth-order valence-corrected chi connectivity index (χ4v) is 6.65. The average Bonchev–Trinajstić information content (AvgIpc) is 2.75. The molecular formula is C23H23NO9S2. The second-order valence-corrected chi connectivity index (χ2v) is 10.8. The van der Waals surface area contributed by atoms with Crippen LogP contribution in [0.5, 0.6) is 5.75 Å². The van der Waals surface area contributed by atoms with Crippen molar-refractivity contribution in [1.29, 1.82) is 0 Å². The standard InChI is InChI=1S/C23H23NO9S2/c1-3-33-21(34)35-12-5-4-9-13(16(12)26)17(27)14-10(22(9,2)31)6-8-7-11(25)15(20(24)30)19(29)23(8,32)18(14)28/h4-5,8,10,14-15,26,31-32H,3,6-7H2,1-2H3,(H2,24,30)/t8-,10-,14?,15?,22-,23-/m0/s1. The number of carbonyl (C=O) groups is 5. The van der Waals surface area contributed by atoms with Gasteiger partial charge in [0.2, 0.25) is 10.3 Å². The van der Waals surface area contributed by atoms with E-state index < -0.39 is 76.1 Å². The van der Waals surface area contributed by atoms with Crippen LogP contribution in [0.4, 0.5) is 0 Å². The third-order valence-corrected chi connectivity index (χ3v) is 8.48. The third kappa shape index (κ3) is 3.53.